The van der Waals surface area contributed by atoms with E-state index in [-0.39, 0.29) is 23.5 Å². The number of nitrogens with one attached hydrogen (secondary N) is 1. The second kappa shape index (κ2) is 7.90. The van der Waals surface area contributed by atoms with Crippen LogP contribution < -0.4 is 11.1 Å². The Hall–Kier alpha value is -2.73. The highest BCUT2D eigenvalue weighted by Gasteiger charge is 2.21. The van der Waals surface area contributed by atoms with Crippen molar-refractivity contribution in [3.8, 4) is 0 Å². The summed E-state index contributed by atoms with van der Waals surface area (Å²) in [6.07, 6.45) is 5.09. The van der Waals surface area contributed by atoms with Gasteiger partial charge in [-0.1, -0.05) is 43.7 Å². The first-order chi connectivity index (χ1) is 12.2. The summed E-state index contributed by atoms with van der Waals surface area (Å²) in [5.74, 6) is -0.204. The van der Waals surface area contributed by atoms with Crippen LogP contribution in [-0.4, -0.2) is 15.9 Å². The van der Waals surface area contributed by atoms with Crippen molar-refractivity contribution in [3.05, 3.63) is 75.9 Å². The maximum Gasteiger partial charge on any atom is 0.274 e. The van der Waals surface area contributed by atoms with Crippen LogP contribution in [-0.2, 0) is 6.42 Å². The molecular formula is C19H20N4OS. The molecule has 3 N–H and O–H groups in total. The zero-order valence-corrected chi connectivity index (χ0v) is 14.8. The van der Waals surface area contributed by atoms with Crippen molar-refractivity contribution < 1.29 is 4.79 Å². The van der Waals surface area contributed by atoms with Crippen LogP contribution in [0.1, 0.15) is 45.9 Å². The number of aryl methyl sites for hydroxylation is 1. The fraction of sp³-hybridized carbons (Fsp3) is 0.211. The van der Waals surface area contributed by atoms with Gasteiger partial charge in [-0.25, -0.2) is 9.97 Å². The first-order valence-electron chi connectivity index (χ1n) is 8.18. The molecule has 1 aromatic carbocycles. The molecule has 3 aromatic rings. The van der Waals surface area contributed by atoms with Crippen molar-refractivity contribution in [2.45, 2.75) is 25.8 Å². The van der Waals surface area contributed by atoms with Crippen LogP contribution in [0.15, 0.2) is 54.2 Å². The molecule has 0 saturated heterocycles. The number of carbonyl (C=O) groups excluding carboxylic acids is 1. The van der Waals surface area contributed by atoms with Gasteiger partial charge in [-0.05, 0) is 29.0 Å². The summed E-state index contributed by atoms with van der Waals surface area (Å²) in [5, 5.41) is 5.03. The van der Waals surface area contributed by atoms with Crippen LogP contribution in [0.4, 0.5) is 5.82 Å². The number of anilines is 1. The van der Waals surface area contributed by atoms with Gasteiger partial charge in [-0.2, -0.15) is 0 Å². The molecule has 6 heteroatoms. The van der Waals surface area contributed by atoms with Crippen LogP contribution in [0, 0.1) is 0 Å². The summed E-state index contributed by atoms with van der Waals surface area (Å²) >= 11 is 1.60. The zero-order chi connectivity index (χ0) is 17.6. The van der Waals surface area contributed by atoms with Crippen molar-refractivity contribution in [3.63, 3.8) is 0 Å². The maximum atomic E-state index is 12.6. The Labute approximate surface area is 151 Å². The van der Waals surface area contributed by atoms with Crippen LogP contribution in [0.25, 0.3) is 0 Å². The Kier molecular flexibility index (Phi) is 5.40. The lowest BCUT2D eigenvalue weighted by atomic mass is 10.0. The summed E-state index contributed by atoms with van der Waals surface area (Å²) in [6, 6.07) is 12.1. The van der Waals surface area contributed by atoms with Gasteiger partial charge in [0.2, 0.25) is 0 Å². The molecule has 1 unspecified atom stereocenters. The van der Waals surface area contributed by atoms with E-state index in [2.05, 4.69) is 46.5 Å². The Morgan fingerprint density at radius 1 is 1.20 bits per heavy atom. The Bertz CT molecular complexity index is 831. The third kappa shape index (κ3) is 4.03. The van der Waals surface area contributed by atoms with Gasteiger partial charge in [0.15, 0.2) is 11.5 Å². The average Bonchev–Trinajstić information content (AvgIpc) is 3.15. The maximum absolute atomic E-state index is 12.6. The lowest BCUT2D eigenvalue weighted by Crippen LogP contribution is -2.30. The standard InChI is InChI=1S/C19H20N4OS/c1-2-4-13-6-8-14(9-7-13)16(15-5-3-12-25-15)23-19(24)17-18(20)22-11-10-21-17/h3,5-12,16H,2,4H2,1H3,(H2,20,22)(H,23,24). The Morgan fingerprint density at radius 3 is 2.60 bits per heavy atom. The second-order valence-corrected chi connectivity index (χ2v) is 6.68. The fourth-order valence-corrected chi connectivity index (χ4v) is 3.47. The molecule has 0 saturated carbocycles. The van der Waals surface area contributed by atoms with Crippen LogP contribution in [0.5, 0.6) is 0 Å². The second-order valence-electron chi connectivity index (χ2n) is 5.70. The molecule has 0 aliphatic rings. The highest BCUT2D eigenvalue weighted by molar-refractivity contribution is 7.10. The van der Waals surface area contributed by atoms with Gasteiger partial charge in [-0.15, -0.1) is 11.3 Å². The first-order valence-corrected chi connectivity index (χ1v) is 9.06. The Balaban J connectivity index is 1.88. The molecule has 25 heavy (non-hydrogen) atoms. The van der Waals surface area contributed by atoms with E-state index in [1.54, 1.807) is 11.3 Å². The molecule has 0 bridgehead atoms. The number of amides is 1. The number of nitrogens with two attached hydrogens (primary N) is 1. The zero-order valence-electron chi connectivity index (χ0n) is 14.0. The summed E-state index contributed by atoms with van der Waals surface area (Å²) in [5.41, 5.74) is 8.24. The van der Waals surface area contributed by atoms with E-state index < -0.39 is 0 Å². The molecule has 0 radical (unpaired) electrons. The monoisotopic (exact) mass is 352 g/mol. The molecule has 2 heterocycles. The third-order valence-corrected chi connectivity index (χ3v) is 4.83. The topological polar surface area (TPSA) is 80.9 Å². The number of hydrogen-bond acceptors (Lipinski definition) is 5. The minimum Gasteiger partial charge on any atom is -0.382 e. The van der Waals surface area contributed by atoms with Gasteiger partial charge in [0.1, 0.15) is 0 Å². The van der Waals surface area contributed by atoms with Crippen LogP contribution >= 0.6 is 11.3 Å². The number of rotatable bonds is 6. The van der Waals surface area contributed by atoms with Gasteiger partial charge in [0.25, 0.3) is 5.91 Å². The largest absolute Gasteiger partial charge is 0.382 e. The minimum absolute atomic E-state index is 0.128. The molecule has 3 rings (SSSR count). The number of aromatic nitrogens is 2. The van der Waals surface area contributed by atoms with Gasteiger partial charge < -0.3 is 11.1 Å². The predicted octanol–water partition coefficient (Wildman–Crippen LogP) is 3.59. The lowest BCUT2D eigenvalue weighted by molar-refractivity contribution is 0.0939. The van der Waals surface area contributed by atoms with E-state index in [0.29, 0.717) is 0 Å². The van der Waals surface area contributed by atoms with Crippen molar-refractivity contribution in [1.29, 1.82) is 0 Å². The Morgan fingerprint density at radius 2 is 1.96 bits per heavy atom. The van der Waals surface area contributed by atoms with Crippen molar-refractivity contribution in [2.24, 2.45) is 0 Å². The van der Waals surface area contributed by atoms with E-state index in [1.807, 2.05) is 17.5 Å². The average molecular weight is 352 g/mol. The van der Waals surface area contributed by atoms with E-state index >= 15 is 0 Å². The SMILES string of the molecule is CCCc1ccc(C(NC(=O)c2nccnc2N)c2cccs2)cc1. The highest BCUT2D eigenvalue weighted by Crippen LogP contribution is 2.27. The minimum atomic E-state index is -0.332. The number of benzene rings is 1. The molecule has 128 valence electrons. The normalized spacial score (nSPS) is 11.9. The van der Waals surface area contributed by atoms with Crippen molar-refractivity contribution in [1.82, 2.24) is 15.3 Å². The van der Waals surface area contributed by atoms with Crippen LogP contribution in [0.3, 0.4) is 0 Å². The van der Waals surface area contributed by atoms with Gasteiger partial charge >= 0.3 is 0 Å². The van der Waals surface area contributed by atoms with Crippen molar-refractivity contribution >= 4 is 23.1 Å². The number of nitrogen functional groups attached to an aromatic ring is 1. The molecule has 5 nitrogen and oxygen atoms in total. The van der Waals surface area contributed by atoms with Gasteiger partial charge in [-0.3, -0.25) is 4.79 Å². The van der Waals surface area contributed by atoms with E-state index in [1.165, 1.54) is 18.0 Å². The number of hydrogen-bond donors (Lipinski definition) is 2. The predicted molar refractivity (Wildman–Crippen MR) is 101 cm³/mol. The highest BCUT2D eigenvalue weighted by atomic mass is 32.1. The summed E-state index contributed by atoms with van der Waals surface area (Å²) < 4.78 is 0. The van der Waals surface area contributed by atoms with E-state index in [9.17, 15) is 4.79 Å². The molecule has 0 spiro atoms. The molecule has 0 aliphatic carbocycles. The van der Waals surface area contributed by atoms with Crippen molar-refractivity contribution in [2.75, 3.05) is 5.73 Å². The third-order valence-electron chi connectivity index (χ3n) is 3.90. The molecule has 0 aliphatic heterocycles. The first kappa shape index (κ1) is 17.1. The smallest absolute Gasteiger partial charge is 0.274 e. The van der Waals surface area contributed by atoms with Gasteiger partial charge in [0, 0.05) is 17.3 Å². The molecular weight excluding hydrogens is 332 g/mol. The lowest BCUT2D eigenvalue weighted by Gasteiger charge is -2.18. The molecule has 1 amide bonds. The van der Waals surface area contributed by atoms with Crippen LogP contribution in [0.2, 0.25) is 0 Å². The fourth-order valence-electron chi connectivity index (χ4n) is 2.66. The molecule has 0 fully saturated rings. The van der Waals surface area contributed by atoms with E-state index in [4.69, 9.17) is 5.73 Å². The van der Waals surface area contributed by atoms with E-state index in [0.717, 1.165) is 23.3 Å². The summed E-state index contributed by atoms with van der Waals surface area (Å²) in [7, 11) is 0. The number of carbonyl (C=O) groups is 1. The number of nitrogens with zero attached hydrogens (tertiary/aromatic N) is 2. The quantitative estimate of drug-likeness (QED) is 0.710. The summed E-state index contributed by atoms with van der Waals surface area (Å²) in [4.78, 5) is 21.7. The number of thiophene rings is 1. The van der Waals surface area contributed by atoms with Gasteiger partial charge in [0.05, 0.1) is 6.04 Å². The molecule has 2 aromatic heterocycles. The molecule has 1 atom stereocenters. The summed E-state index contributed by atoms with van der Waals surface area (Å²) in [6.45, 7) is 2.16.